The molecule has 0 aliphatic rings. The molecule has 122 valence electrons. The number of para-hydroxylation sites is 1. The van der Waals surface area contributed by atoms with Gasteiger partial charge in [-0.3, -0.25) is 0 Å². The second kappa shape index (κ2) is 6.89. The average Bonchev–Trinajstić information content (AvgIpc) is 2.53. The molecule has 1 aromatic heterocycles. The minimum atomic E-state index is 0.549. The van der Waals surface area contributed by atoms with Crippen LogP contribution in [0.15, 0.2) is 48.5 Å². The second-order valence-corrected chi connectivity index (χ2v) is 6.15. The molecule has 2 N–H and O–H groups in total. The highest BCUT2D eigenvalue weighted by Crippen LogP contribution is 2.25. The van der Waals surface area contributed by atoms with Crippen LogP contribution in [-0.2, 0) is 0 Å². The summed E-state index contributed by atoms with van der Waals surface area (Å²) >= 11 is 6.19. The van der Waals surface area contributed by atoms with Gasteiger partial charge in [0.2, 0.25) is 5.95 Å². The Kier molecular flexibility index (Phi) is 4.67. The standard InChI is InChI=1S/C19H19ClN4/c1-12-8-9-15(10-13(12)2)22-19-21-14(3)11-18(24-19)23-17-7-5-4-6-16(17)20/h4-11H,1-3H3,(H2,21,22,23,24). The molecular weight excluding hydrogens is 320 g/mol. The van der Waals surface area contributed by atoms with Gasteiger partial charge in [0.15, 0.2) is 0 Å². The number of nitrogens with one attached hydrogen (secondary N) is 2. The number of anilines is 4. The van der Waals surface area contributed by atoms with E-state index in [1.54, 1.807) is 0 Å². The Labute approximate surface area is 146 Å². The van der Waals surface area contributed by atoms with Crippen molar-refractivity contribution < 1.29 is 0 Å². The van der Waals surface area contributed by atoms with Gasteiger partial charge in [0.1, 0.15) is 5.82 Å². The molecule has 2 aromatic carbocycles. The van der Waals surface area contributed by atoms with Crippen molar-refractivity contribution in [1.82, 2.24) is 9.97 Å². The van der Waals surface area contributed by atoms with E-state index in [4.69, 9.17) is 11.6 Å². The van der Waals surface area contributed by atoms with Gasteiger partial charge in [-0.05, 0) is 56.2 Å². The normalized spacial score (nSPS) is 10.5. The summed E-state index contributed by atoms with van der Waals surface area (Å²) in [5.41, 5.74) is 5.13. The Morgan fingerprint density at radius 3 is 2.38 bits per heavy atom. The number of halogens is 1. The van der Waals surface area contributed by atoms with Crippen LogP contribution in [0.2, 0.25) is 5.02 Å². The predicted molar refractivity (Wildman–Crippen MR) is 101 cm³/mol. The van der Waals surface area contributed by atoms with Crippen LogP contribution in [0.4, 0.5) is 23.1 Å². The fourth-order valence-electron chi connectivity index (χ4n) is 2.34. The van der Waals surface area contributed by atoms with Crippen LogP contribution in [0.1, 0.15) is 16.8 Å². The molecule has 0 atom stereocenters. The third-order valence-corrected chi connectivity index (χ3v) is 4.08. The molecule has 0 unspecified atom stereocenters. The summed E-state index contributed by atoms with van der Waals surface area (Å²) in [6.07, 6.45) is 0. The summed E-state index contributed by atoms with van der Waals surface area (Å²) in [5.74, 6) is 1.25. The number of nitrogens with zero attached hydrogens (tertiary/aromatic N) is 2. The highest BCUT2D eigenvalue weighted by atomic mass is 35.5. The maximum Gasteiger partial charge on any atom is 0.229 e. The van der Waals surface area contributed by atoms with Gasteiger partial charge in [-0.15, -0.1) is 0 Å². The van der Waals surface area contributed by atoms with E-state index in [1.165, 1.54) is 11.1 Å². The van der Waals surface area contributed by atoms with Gasteiger partial charge in [0.05, 0.1) is 10.7 Å². The summed E-state index contributed by atoms with van der Waals surface area (Å²) in [4.78, 5) is 8.98. The molecule has 0 fully saturated rings. The first kappa shape index (κ1) is 16.3. The van der Waals surface area contributed by atoms with Gasteiger partial charge in [-0.25, -0.2) is 4.98 Å². The van der Waals surface area contributed by atoms with Crippen molar-refractivity contribution in [2.24, 2.45) is 0 Å². The van der Waals surface area contributed by atoms with E-state index >= 15 is 0 Å². The molecule has 0 radical (unpaired) electrons. The molecular formula is C19H19ClN4. The third-order valence-electron chi connectivity index (χ3n) is 3.75. The Morgan fingerprint density at radius 1 is 0.833 bits per heavy atom. The first-order valence-corrected chi connectivity index (χ1v) is 8.10. The van der Waals surface area contributed by atoms with Crippen molar-refractivity contribution in [3.8, 4) is 0 Å². The minimum absolute atomic E-state index is 0.549. The zero-order valence-electron chi connectivity index (χ0n) is 13.9. The zero-order valence-corrected chi connectivity index (χ0v) is 14.6. The maximum atomic E-state index is 6.19. The van der Waals surface area contributed by atoms with E-state index in [-0.39, 0.29) is 0 Å². The lowest BCUT2D eigenvalue weighted by molar-refractivity contribution is 1.11. The van der Waals surface area contributed by atoms with Crippen molar-refractivity contribution in [1.29, 1.82) is 0 Å². The number of aryl methyl sites for hydroxylation is 3. The highest BCUT2D eigenvalue weighted by Gasteiger charge is 2.06. The fraction of sp³-hybridized carbons (Fsp3) is 0.158. The van der Waals surface area contributed by atoms with E-state index in [0.29, 0.717) is 16.8 Å². The molecule has 3 rings (SSSR count). The average molecular weight is 339 g/mol. The maximum absolute atomic E-state index is 6.19. The molecule has 4 nitrogen and oxygen atoms in total. The van der Waals surface area contributed by atoms with Crippen molar-refractivity contribution in [2.45, 2.75) is 20.8 Å². The number of rotatable bonds is 4. The summed E-state index contributed by atoms with van der Waals surface area (Å²) in [5, 5.41) is 7.15. The summed E-state index contributed by atoms with van der Waals surface area (Å²) in [7, 11) is 0. The second-order valence-electron chi connectivity index (χ2n) is 5.75. The van der Waals surface area contributed by atoms with Crippen molar-refractivity contribution >= 4 is 34.7 Å². The van der Waals surface area contributed by atoms with Crippen molar-refractivity contribution in [3.63, 3.8) is 0 Å². The SMILES string of the molecule is Cc1cc(Nc2ccccc2Cl)nc(Nc2ccc(C)c(C)c2)n1. The third kappa shape index (κ3) is 3.84. The van der Waals surface area contributed by atoms with E-state index in [2.05, 4.69) is 46.6 Å². The van der Waals surface area contributed by atoms with Crippen LogP contribution in [0, 0.1) is 20.8 Å². The van der Waals surface area contributed by atoms with Crippen LogP contribution >= 0.6 is 11.6 Å². The monoisotopic (exact) mass is 338 g/mol. The molecule has 0 saturated heterocycles. The summed E-state index contributed by atoms with van der Waals surface area (Å²) in [6.45, 7) is 6.11. The Morgan fingerprint density at radius 2 is 1.62 bits per heavy atom. The number of benzene rings is 2. The fourth-order valence-corrected chi connectivity index (χ4v) is 2.52. The van der Waals surface area contributed by atoms with E-state index in [1.807, 2.05) is 43.3 Å². The molecule has 0 bridgehead atoms. The Hall–Kier alpha value is -2.59. The van der Waals surface area contributed by atoms with Gasteiger partial charge in [-0.1, -0.05) is 29.8 Å². The number of aromatic nitrogens is 2. The van der Waals surface area contributed by atoms with Crippen LogP contribution < -0.4 is 10.6 Å². The summed E-state index contributed by atoms with van der Waals surface area (Å²) < 4.78 is 0. The van der Waals surface area contributed by atoms with Gasteiger partial charge < -0.3 is 10.6 Å². The van der Waals surface area contributed by atoms with Crippen molar-refractivity contribution in [3.05, 3.63) is 70.4 Å². The van der Waals surface area contributed by atoms with Gasteiger partial charge in [0, 0.05) is 17.4 Å². The van der Waals surface area contributed by atoms with Crippen LogP contribution in [0.5, 0.6) is 0 Å². The van der Waals surface area contributed by atoms with Crippen molar-refractivity contribution in [2.75, 3.05) is 10.6 Å². The molecule has 0 saturated carbocycles. The van der Waals surface area contributed by atoms with E-state index < -0.39 is 0 Å². The molecule has 24 heavy (non-hydrogen) atoms. The quantitative estimate of drug-likeness (QED) is 0.655. The summed E-state index contributed by atoms with van der Waals surface area (Å²) in [6, 6.07) is 15.6. The topological polar surface area (TPSA) is 49.8 Å². The van der Waals surface area contributed by atoms with E-state index in [0.717, 1.165) is 17.1 Å². The first-order valence-electron chi connectivity index (χ1n) is 7.73. The molecule has 0 amide bonds. The molecule has 0 aliphatic carbocycles. The lowest BCUT2D eigenvalue weighted by Gasteiger charge is -2.11. The van der Waals surface area contributed by atoms with E-state index in [9.17, 15) is 0 Å². The predicted octanol–water partition coefficient (Wildman–Crippen LogP) is 5.54. The molecule has 0 spiro atoms. The van der Waals surface area contributed by atoms with Crippen LogP contribution in [0.25, 0.3) is 0 Å². The lowest BCUT2D eigenvalue weighted by Crippen LogP contribution is -2.03. The number of hydrogen-bond donors (Lipinski definition) is 2. The minimum Gasteiger partial charge on any atom is -0.339 e. The molecule has 1 heterocycles. The van der Waals surface area contributed by atoms with Gasteiger partial charge in [0.25, 0.3) is 0 Å². The Balaban J connectivity index is 1.86. The number of hydrogen-bond acceptors (Lipinski definition) is 4. The zero-order chi connectivity index (χ0) is 17.1. The molecule has 0 aliphatic heterocycles. The smallest absolute Gasteiger partial charge is 0.229 e. The Bertz CT molecular complexity index is 877. The van der Waals surface area contributed by atoms with Crippen LogP contribution in [-0.4, -0.2) is 9.97 Å². The molecule has 3 aromatic rings. The first-order chi connectivity index (χ1) is 11.5. The largest absolute Gasteiger partial charge is 0.339 e. The van der Waals surface area contributed by atoms with Crippen LogP contribution in [0.3, 0.4) is 0 Å². The highest BCUT2D eigenvalue weighted by molar-refractivity contribution is 6.33. The molecule has 5 heteroatoms. The van der Waals surface area contributed by atoms with Gasteiger partial charge in [-0.2, -0.15) is 4.98 Å². The lowest BCUT2D eigenvalue weighted by atomic mass is 10.1. The van der Waals surface area contributed by atoms with Gasteiger partial charge >= 0.3 is 0 Å².